The molecule has 0 spiro atoms. The van der Waals surface area contributed by atoms with Gasteiger partial charge < -0.3 is 9.88 Å². The van der Waals surface area contributed by atoms with Gasteiger partial charge in [0.2, 0.25) is 0 Å². The van der Waals surface area contributed by atoms with Crippen LogP contribution in [0.3, 0.4) is 0 Å². The third kappa shape index (κ3) is 5.00. The molecule has 0 aliphatic carbocycles. The van der Waals surface area contributed by atoms with Crippen LogP contribution in [0.15, 0.2) is 47.6 Å². The van der Waals surface area contributed by atoms with Crippen molar-refractivity contribution in [3.63, 3.8) is 0 Å². The van der Waals surface area contributed by atoms with Gasteiger partial charge in [-0.2, -0.15) is 0 Å². The van der Waals surface area contributed by atoms with Crippen molar-refractivity contribution in [2.24, 2.45) is 7.05 Å². The van der Waals surface area contributed by atoms with Crippen molar-refractivity contribution >= 4 is 52.5 Å². The maximum absolute atomic E-state index is 12.5. The zero-order valence-electron chi connectivity index (χ0n) is 15.1. The van der Waals surface area contributed by atoms with Crippen LogP contribution in [0.1, 0.15) is 34.7 Å². The summed E-state index contributed by atoms with van der Waals surface area (Å²) in [5.74, 6) is 1.14. The summed E-state index contributed by atoms with van der Waals surface area (Å²) in [6, 6.07) is 12.1. The highest BCUT2D eigenvalue weighted by Crippen LogP contribution is 2.25. The van der Waals surface area contributed by atoms with Gasteiger partial charge in [-0.3, -0.25) is 4.79 Å². The van der Waals surface area contributed by atoms with Crippen molar-refractivity contribution < 1.29 is 4.79 Å². The molecule has 2 aromatic carbocycles. The van der Waals surface area contributed by atoms with Crippen molar-refractivity contribution in [3.05, 3.63) is 74.5 Å². The molecular formula is C19H17Cl3N4OS. The highest BCUT2D eigenvalue weighted by atomic mass is 35.5. The Hall–Kier alpha value is -1.73. The molecule has 1 aromatic heterocycles. The van der Waals surface area contributed by atoms with Crippen LogP contribution in [0.5, 0.6) is 0 Å². The number of hydrogen-bond donors (Lipinski definition) is 1. The molecule has 0 fully saturated rings. The van der Waals surface area contributed by atoms with Gasteiger partial charge in [0.15, 0.2) is 11.0 Å². The summed E-state index contributed by atoms with van der Waals surface area (Å²) < 4.78 is 1.88. The SMILES string of the molecule is C[C@H](NC(=O)c1ccc(Cl)c(Cl)c1)c1nnc(SCc2ccc(Cl)cc2)n1C. The first kappa shape index (κ1) is 21.0. The number of halogens is 3. The van der Waals surface area contributed by atoms with E-state index in [4.69, 9.17) is 34.8 Å². The Morgan fingerprint density at radius 3 is 2.50 bits per heavy atom. The molecule has 1 N–H and O–H groups in total. The van der Waals surface area contributed by atoms with Crippen LogP contribution in [-0.4, -0.2) is 20.7 Å². The van der Waals surface area contributed by atoms with E-state index in [9.17, 15) is 4.79 Å². The van der Waals surface area contributed by atoms with Crippen LogP contribution in [0.4, 0.5) is 0 Å². The highest BCUT2D eigenvalue weighted by Gasteiger charge is 2.19. The normalized spacial score (nSPS) is 12.0. The Bertz CT molecular complexity index is 991. The van der Waals surface area contributed by atoms with E-state index in [-0.39, 0.29) is 11.9 Å². The maximum atomic E-state index is 12.5. The molecule has 0 unspecified atom stereocenters. The molecule has 3 aromatic rings. The van der Waals surface area contributed by atoms with E-state index in [1.54, 1.807) is 23.9 Å². The summed E-state index contributed by atoms with van der Waals surface area (Å²) in [4.78, 5) is 12.5. The number of hydrogen-bond acceptors (Lipinski definition) is 4. The number of carbonyl (C=O) groups excluding carboxylic acids is 1. The number of benzene rings is 2. The number of nitrogens with one attached hydrogen (secondary N) is 1. The quantitative estimate of drug-likeness (QED) is 0.494. The van der Waals surface area contributed by atoms with Gasteiger partial charge in [-0.1, -0.05) is 58.7 Å². The van der Waals surface area contributed by atoms with Gasteiger partial charge in [0.1, 0.15) is 0 Å². The predicted molar refractivity (Wildman–Crippen MR) is 114 cm³/mol. The van der Waals surface area contributed by atoms with Crippen LogP contribution >= 0.6 is 46.6 Å². The zero-order valence-corrected chi connectivity index (χ0v) is 18.2. The van der Waals surface area contributed by atoms with Gasteiger partial charge in [0.05, 0.1) is 16.1 Å². The van der Waals surface area contributed by atoms with Gasteiger partial charge in [-0.25, -0.2) is 0 Å². The van der Waals surface area contributed by atoms with E-state index in [1.165, 1.54) is 6.07 Å². The number of amides is 1. The van der Waals surface area contributed by atoms with Gasteiger partial charge >= 0.3 is 0 Å². The molecule has 0 radical (unpaired) electrons. The molecule has 1 amide bonds. The number of thioether (sulfide) groups is 1. The molecule has 0 aliphatic heterocycles. The zero-order chi connectivity index (χ0) is 20.3. The Balaban J connectivity index is 1.65. The molecule has 0 saturated heterocycles. The van der Waals surface area contributed by atoms with Crippen molar-refractivity contribution in [1.82, 2.24) is 20.1 Å². The first-order valence-electron chi connectivity index (χ1n) is 8.37. The minimum absolute atomic E-state index is 0.260. The van der Waals surface area contributed by atoms with Crippen molar-refractivity contribution in [3.8, 4) is 0 Å². The monoisotopic (exact) mass is 454 g/mol. The summed E-state index contributed by atoms with van der Waals surface area (Å²) in [5, 5.41) is 13.6. The molecule has 146 valence electrons. The van der Waals surface area contributed by atoms with E-state index >= 15 is 0 Å². The van der Waals surface area contributed by atoms with Crippen LogP contribution < -0.4 is 5.32 Å². The summed E-state index contributed by atoms with van der Waals surface area (Å²) in [6.45, 7) is 1.85. The predicted octanol–water partition coefficient (Wildman–Crippen LogP) is 5.56. The second kappa shape index (κ2) is 9.18. The minimum atomic E-state index is -0.329. The van der Waals surface area contributed by atoms with Crippen LogP contribution in [0.2, 0.25) is 15.1 Å². The molecule has 9 heteroatoms. The molecule has 1 heterocycles. The molecule has 3 rings (SSSR count). The van der Waals surface area contributed by atoms with Crippen molar-refractivity contribution in [1.29, 1.82) is 0 Å². The van der Waals surface area contributed by atoms with Crippen LogP contribution in [0, 0.1) is 0 Å². The lowest BCUT2D eigenvalue weighted by molar-refractivity contribution is 0.0937. The fraction of sp³-hybridized carbons (Fsp3) is 0.211. The second-order valence-electron chi connectivity index (χ2n) is 6.14. The fourth-order valence-corrected chi connectivity index (χ4v) is 3.84. The topological polar surface area (TPSA) is 59.8 Å². The minimum Gasteiger partial charge on any atom is -0.342 e. The fourth-order valence-electron chi connectivity index (χ4n) is 2.54. The van der Waals surface area contributed by atoms with E-state index in [0.717, 1.165) is 16.5 Å². The highest BCUT2D eigenvalue weighted by molar-refractivity contribution is 7.98. The first-order valence-corrected chi connectivity index (χ1v) is 10.5. The van der Waals surface area contributed by atoms with E-state index in [0.29, 0.717) is 26.5 Å². The van der Waals surface area contributed by atoms with Gasteiger partial charge in [0, 0.05) is 23.4 Å². The lowest BCUT2D eigenvalue weighted by atomic mass is 10.2. The molecule has 0 saturated carbocycles. The molecular weight excluding hydrogens is 439 g/mol. The van der Waals surface area contributed by atoms with Crippen LogP contribution in [0.25, 0.3) is 0 Å². The molecule has 5 nitrogen and oxygen atoms in total. The number of carbonyl (C=O) groups is 1. The molecule has 0 bridgehead atoms. The lowest BCUT2D eigenvalue weighted by Crippen LogP contribution is -2.28. The van der Waals surface area contributed by atoms with E-state index < -0.39 is 0 Å². The Labute approximate surface area is 182 Å². The van der Waals surface area contributed by atoms with Crippen LogP contribution in [-0.2, 0) is 12.8 Å². The maximum Gasteiger partial charge on any atom is 0.251 e. The smallest absolute Gasteiger partial charge is 0.251 e. The average molecular weight is 456 g/mol. The summed E-state index contributed by atoms with van der Waals surface area (Å²) in [7, 11) is 1.88. The van der Waals surface area contributed by atoms with Gasteiger partial charge in [-0.15, -0.1) is 10.2 Å². The van der Waals surface area contributed by atoms with Gasteiger partial charge in [-0.05, 0) is 42.8 Å². The largest absolute Gasteiger partial charge is 0.342 e. The Morgan fingerprint density at radius 1 is 1.11 bits per heavy atom. The average Bonchev–Trinajstić information content (AvgIpc) is 3.04. The van der Waals surface area contributed by atoms with Crippen molar-refractivity contribution in [2.75, 3.05) is 0 Å². The van der Waals surface area contributed by atoms with Gasteiger partial charge in [0.25, 0.3) is 5.91 Å². The third-order valence-corrected chi connectivity index (χ3v) is 6.15. The number of aromatic nitrogens is 3. The molecule has 1 atom stereocenters. The molecule has 0 aliphatic rings. The van der Waals surface area contributed by atoms with E-state index in [1.807, 2.05) is 42.8 Å². The standard InChI is InChI=1S/C19H17Cl3N4OS/c1-11(23-18(27)13-5-8-15(21)16(22)9-13)17-24-25-19(26(17)2)28-10-12-3-6-14(20)7-4-12/h3-9,11H,10H2,1-2H3,(H,23,27)/t11-/m0/s1. The Kier molecular flexibility index (Phi) is 6.88. The lowest BCUT2D eigenvalue weighted by Gasteiger charge is -2.14. The third-order valence-electron chi connectivity index (χ3n) is 4.07. The Morgan fingerprint density at radius 2 is 1.82 bits per heavy atom. The molecule has 28 heavy (non-hydrogen) atoms. The van der Waals surface area contributed by atoms with Crippen molar-refractivity contribution in [2.45, 2.75) is 23.9 Å². The summed E-state index contributed by atoms with van der Waals surface area (Å²) in [6.07, 6.45) is 0. The summed E-state index contributed by atoms with van der Waals surface area (Å²) >= 11 is 19.4. The van der Waals surface area contributed by atoms with E-state index in [2.05, 4.69) is 15.5 Å². The number of nitrogens with zero attached hydrogens (tertiary/aromatic N) is 3. The summed E-state index contributed by atoms with van der Waals surface area (Å²) in [5.41, 5.74) is 1.57. The first-order chi connectivity index (χ1) is 13.3. The second-order valence-corrected chi connectivity index (χ2v) is 8.33. The number of rotatable bonds is 6.